The number of unbranched alkanes of at least 4 members (excludes halogenated alkanes) is 1. The van der Waals surface area contributed by atoms with Crippen molar-refractivity contribution in [2.24, 2.45) is 35.5 Å². The molecule has 0 aromatic heterocycles. The molecule has 6 atom stereocenters. The Morgan fingerprint density at radius 2 is 2.12 bits per heavy atom. The molecule has 0 amide bonds. The monoisotopic (exact) mass is 356 g/mol. The Morgan fingerprint density at radius 3 is 2.81 bits per heavy atom. The third-order valence-electron chi connectivity index (χ3n) is 6.62. The van der Waals surface area contributed by atoms with Crippen molar-refractivity contribution in [3.8, 4) is 11.8 Å². The summed E-state index contributed by atoms with van der Waals surface area (Å²) in [4.78, 5) is 10.6. The SMILES string of the molecule is CC#CCC(C)[C@H](C)/C=C/[C@@H]1[C@H]2C/C(=C/CCCC(=O)O)C[C@H]2C[C@H]1C. The molecule has 2 rings (SSSR count). The zero-order valence-electron chi connectivity index (χ0n) is 17.0. The lowest BCUT2D eigenvalue weighted by atomic mass is 9.85. The Kier molecular flexibility index (Phi) is 8.01. The van der Waals surface area contributed by atoms with Crippen molar-refractivity contribution in [2.45, 2.75) is 72.6 Å². The molecule has 144 valence electrons. The lowest BCUT2D eigenvalue weighted by Gasteiger charge is -2.20. The van der Waals surface area contributed by atoms with E-state index >= 15 is 0 Å². The van der Waals surface area contributed by atoms with Crippen LogP contribution in [0.1, 0.15) is 72.6 Å². The van der Waals surface area contributed by atoms with Crippen molar-refractivity contribution < 1.29 is 9.90 Å². The predicted octanol–water partition coefficient (Wildman–Crippen LogP) is 6.09. The molecule has 0 bridgehead atoms. The third kappa shape index (κ3) is 5.76. The fourth-order valence-electron chi connectivity index (χ4n) is 4.81. The van der Waals surface area contributed by atoms with E-state index in [9.17, 15) is 4.79 Å². The van der Waals surface area contributed by atoms with E-state index in [2.05, 4.69) is 50.8 Å². The van der Waals surface area contributed by atoms with Crippen molar-refractivity contribution in [3.05, 3.63) is 23.8 Å². The van der Waals surface area contributed by atoms with Crippen molar-refractivity contribution in [3.63, 3.8) is 0 Å². The van der Waals surface area contributed by atoms with Crippen LogP contribution in [0.5, 0.6) is 0 Å². The fourth-order valence-corrected chi connectivity index (χ4v) is 4.81. The molecule has 0 aromatic carbocycles. The molecular weight excluding hydrogens is 320 g/mol. The first kappa shape index (κ1) is 20.8. The number of aliphatic carboxylic acids is 1. The number of rotatable bonds is 8. The van der Waals surface area contributed by atoms with Gasteiger partial charge in [0.05, 0.1) is 0 Å². The molecular formula is C24H36O2. The summed E-state index contributed by atoms with van der Waals surface area (Å²) in [5.41, 5.74) is 1.58. The average molecular weight is 357 g/mol. The zero-order chi connectivity index (χ0) is 19.1. The molecule has 2 nitrogen and oxygen atoms in total. The lowest BCUT2D eigenvalue weighted by Crippen LogP contribution is -2.12. The molecule has 1 unspecified atom stereocenters. The average Bonchev–Trinajstić information content (AvgIpc) is 3.10. The lowest BCUT2D eigenvalue weighted by molar-refractivity contribution is -0.137. The summed E-state index contributed by atoms with van der Waals surface area (Å²) in [5, 5.41) is 8.76. The van der Waals surface area contributed by atoms with Gasteiger partial charge in [-0.25, -0.2) is 0 Å². The zero-order valence-corrected chi connectivity index (χ0v) is 17.0. The minimum absolute atomic E-state index is 0.289. The van der Waals surface area contributed by atoms with Crippen LogP contribution in [0, 0.1) is 47.3 Å². The number of hydrogen-bond acceptors (Lipinski definition) is 1. The molecule has 0 saturated heterocycles. The summed E-state index contributed by atoms with van der Waals surface area (Å²) < 4.78 is 0. The third-order valence-corrected chi connectivity index (χ3v) is 6.62. The van der Waals surface area contributed by atoms with Crippen molar-refractivity contribution in [1.29, 1.82) is 0 Å². The second-order valence-corrected chi connectivity index (χ2v) is 8.62. The van der Waals surface area contributed by atoms with Gasteiger partial charge in [-0.2, -0.15) is 0 Å². The first-order valence-corrected chi connectivity index (χ1v) is 10.4. The molecule has 26 heavy (non-hydrogen) atoms. The summed E-state index contributed by atoms with van der Waals surface area (Å²) in [6.07, 6.45) is 14.1. The number of hydrogen-bond donors (Lipinski definition) is 1. The van der Waals surface area contributed by atoms with Crippen LogP contribution in [0.15, 0.2) is 23.8 Å². The van der Waals surface area contributed by atoms with E-state index in [4.69, 9.17) is 5.11 Å². The summed E-state index contributed by atoms with van der Waals surface area (Å²) in [5.74, 6) is 9.85. The van der Waals surface area contributed by atoms with Crippen molar-refractivity contribution in [1.82, 2.24) is 0 Å². The van der Waals surface area contributed by atoms with Crippen LogP contribution in [-0.4, -0.2) is 11.1 Å². The van der Waals surface area contributed by atoms with Gasteiger partial charge in [-0.1, -0.05) is 44.6 Å². The molecule has 2 fully saturated rings. The summed E-state index contributed by atoms with van der Waals surface area (Å²) in [7, 11) is 0. The molecule has 2 aliphatic carbocycles. The van der Waals surface area contributed by atoms with Crippen LogP contribution in [0.4, 0.5) is 0 Å². The van der Waals surface area contributed by atoms with Crippen LogP contribution in [-0.2, 0) is 4.79 Å². The Hall–Kier alpha value is -1.49. The molecule has 1 N–H and O–H groups in total. The van der Waals surface area contributed by atoms with Crippen LogP contribution in [0.2, 0.25) is 0 Å². The molecule has 2 heteroatoms. The topological polar surface area (TPSA) is 37.3 Å². The molecule has 0 aromatic rings. The first-order valence-electron chi connectivity index (χ1n) is 10.4. The maximum atomic E-state index is 10.6. The van der Waals surface area contributed by atoms with Crippen molar-refractivity contribution in [2.75, 3.05) is 0 Å². The van der Waals surface area contributed by atoms with Gasteiger partial charge in [-0.3, -0.25) is 4.79 Å². The van der Waals surface area contributed by atoms with Crippen LogP contribution >= 0.6 is 0 Å². The predicted molar refractivity (Wildman–Crippen MR) is 109 cm³/mol. The summed E-state index contributed by atoms with van der Waals surface area (Å²) >= 11 is 0. The van der Waals surface area contributed by atoms with Crippen LogP contribution in [0.3, 0.4) is 0 Å². The number of carboxylic acid groups (broad SMARTS) is 1. The molecule has 0 radical (unpaired) electrons. The van der Waals surface area contributed by atoms with Crippen LogP contribution in [0.25, 0.3) is 0 Å². The fraction of sp³-hybridized carbons (Fsp3) is 0.708. The van der Waals surface area contributed by atoms with Gasteiger partial charge in [0, 0.05) is 12.8 Å². The van der Waals surface area contributed by atoms with Gasteiger partial charge in [0.15, 0.2) is 0 Å². The molecule has 0 aliphatic heterocycles. The highest BCUT2D eigenvalue weighted by molar-refractivity contribution is 5.66. The van der Waals surface area contributed by atoms with Gasteiger partial charge in [0.25, 0.3) is 0 Å². The molecule has 0 spiro atoms. The Bertz CT molecular complexity index is 589. The van der Waals surface area contributed by atoms with Gasteiger partial charge >= 0.3 is 5.97 Å². The highest BCUT2D eigenvalue weighted by Crippen LogP contribution is 2.53. The number of fused-ring (bicyclic) bond motifs is 1. The highest BCUT2D eigenvalue weighted by Gasteiger charge is 2.43. The van der Waals surface area contributed by atoms with Gasteiger partial charge in [0.1, 0.15) is 0 Å². The van der Waals surface area contributed by atoms with E-state index < -0.39 is 5.97 Å². The number of allylic oxidation sites excluding steroid dienone is 4. The minimum Gasteiger partial charge on any atom is -0.481 e. The molecule has 2 aliphatic rings. The second kappa shape index (κ2) is 10.0. The largest absolute Gasteiger partial charge is 0.481 e. The standard InChI is InChI=1S/C24H36O2/c1-5-6-9-17(2)18(3)12-13-22-19(4)14-21-15-20(16-23(21)22)10-7-8-11-24(25)26/h10,12-13,17-19,21-23H,7-9,11,14-16H2,1-4H3,(H,25,26)/b13-12+,20-10+/t17?,18-,19-,21-,22+,23+/m1/s1. The van der Waals surface area contributed by atoms with Crippen molar-refractivity contribution >= 4 is 5.97 Å². The van der Waals surface area contributed by atoms with E-state index in [-0.39, 0.29) is 6.42 Å². The van der Waals surface area contributed by atoms with E-state index in [1.54, 1.807) is 5.57 Å². The quantitative estimate of drug-likeness (QED) is 0.324. The van der Waals surface area contributed by atoms with E-state index in [0.29, 0.717) is 17.8 Å². The van der Waals surface area contributed by atoms with Crippen LogP contribution < -0.4 is 0 Å². The maximum Gasteiger partial charge on any atom is 0.303 e. The second-order valence-electron chi connectivity index (χ2n) is 8.62. The smallest absolute Gasteiger partial charge is 0.303 e. The van der Waals surface area contributed by atoms with Gasteiger partial charge in [-0.15, -0.1) is 11.8 Å². The minimum atomic E-state index is -0.681. The van der Waals surface area contributed by atoms with E-state index in [0.717, 1.165) is 37.0 Å². The van der Waals surface area contributed by atoms with Gasteiger partial charge in [0.2, 0.25) is 0 Å². The van der Waals surface area contributed by atoms with E-state index in [1.807, 2.05) is 6.92 Å². The van der Waals surface area contributed by atoms with Gasteiger partial charge < -0.3 is 5.11 Å². The molecule has 2 saturated carbocycles. The Balaban J connectivity index is 1.89. The first-order chi connectivity index (χ1) is 12.4. The highest BCUT2D eigenvalue weighted by atomic mass is 16.4. The number of carbonyl (C=O) groups is 1. The van der Waals surface area contributed by atoms with E-state index in [1.165, 1.54) is 19.3 Å². The molecule has 0 heterocycles. The van der Waals surface area contributed by atoms with Gasteiger partial charge in [-0.05, 0) is 74.5 Å². The Labute approximate surface area is 160 Å². The normalized spacial score (nSPS) is 31.6. The summed E-state index contributed by atoms with van der Waals surface area (Å²) in [6.45, 7) is 8.95. The number of carboxylic acids is 1. The maximum absolute atomic E-state index is 10.6. The Morgan fingerprint density at radius 1 is 1.35 bits per heavy atom. The summed E-state index contributed by atoms with van der Waals surface area (Å²) in [6, 6.07) is 0.